The first-order chi connectivity index (χ1) is 9.97. The van der Waals surface area contributed by atoms with E-state index in [-0.39, 0.29) is 12.3 Å². The summed E-state index contributed by atoms with van der Waals surface area (Å²) in [4.78, 5) is 23.5. The summed E-state index contributed by atoms with van der Waals surface area (Å²) >= 11 is 11.9. The van der Waals surface area contributed by atoms with Crippen LogP contribution in [0.3, 0.4) is 0 Å². The third-order valence-corrected chi connectivity index (χ3v) is 3.91. The molecule has 0 saturated carbocycles. The fourth-order valence-electron chi connectivity index (χ4n) is 2.18. The maximum Gasteiger partial charge on any atom is 0.249 e. The van der Waals surface area contributed by atoms with Crippen LogP contribution in [0.1, 0.15) is 18.4 Å². The van der Waals surface area contributed by atoms with Gasteiger partial charge in [-0.25, -0.2) is 0 Å². The lowest BCUT2D eigenvalue weighted by Crippen LogP contribution is -2.49. The Hall–Kier alpha value is -1.30. The quantitative estimate of drug-likeness (QED) is 0.861. The molecule has 114 valence electrons. The molecule has 3 N–H and O–H groups in total. The molecule has 1 heterocycles. The van der Waals surface area contributed by atoms with Crippen LogP contribution >= 0.6 is 23.2 Å². The second kappa shape index (κ2) is 7.11. The highest BCUT2D eigenvalue weighted by Gasteiger charge is 2.27. The number of hydrogen-bond donors (Lipinski definition) is 2. The van der Waals surface area contributed by atoms with Gasteiger partial charge in [-0.05, 0) is 30.5 Å². The normalized spacial score (nSPS) is 19.2. The molecule has 0 unspecified atom stereocenters. The monoisotopic (exact) mass is 330 g/mol. The van der Waals surface area contributed by atoms with Gasteiger partial charge in [0.1, 0.15) is 12.1 Å². The van der Waals surface area contributed by atoms with Gasteiger partial charge in [-0.15, -0.1) is 0 Å². The Morgan fingerprint density at radius 1 is 1.43 bits per heavy atom. The van der Waals surface area contributed by atoms with Crippen molar-refractivity contribution in [3.05, 3.63) is 33.8 Å². The first kappa shape index (κ1) is 16.1. The van der Waals surface area contributed by atoms with Crippen LogP contribution in [-0.4, -0.2) is 30.6 Å². The topological polar surface area (TPSA) is 81.4 Å². The molecule has 1 aliphatic heterocycles. The SMILES string of the molecule is NC(=O)[C@@H](Cc1ccc(Cl)cc1Cl)NC(=O)[C@H]1CCCO1. The summed E-state index contributed by atoms with van der Waals surface area (Å²) in [5, 5.41) is 3.55. The van der Waals surface area contributed by atoms with Gasteiger partial charge in [0.05, 0.1) is 0 Å². The third kappa shape index (κ3) is 4.33. The Morgan fingerprint density at radius 3 is 2.76 bits per heavy atom. The molecule has 7 heteroatoms. The summed E-state index contributed by atoms with van der Waals surface area (Å²) < 4.78 is 5.28. The average Bonchev–Trinajstić information content (AvgIpc) is 2.94. The van der Waals surface area contributed by atoms with Gasteiger partial charge in [0, 0.05) is 23.1 Å². The van der Waals surface area contributed by atoms with E-state index >= 15 is 0 Å². The van der Waals surface area contributed by atoms with Gasteiger partial charge in [-0.2, -0.15) is 0 Å². The van der Waals surface area contributed by atoms with Crippen molar-refractivity contribution in [2.75, 3.05) is 6.61 Å². The van der Waals surface area contributed by atoms with Crippen molar-refractivity contribution in [3.8, 4) is 0 Å². The summed E-state index contributed by atoms with van der Waals surface area (Å²) in [6.07, 6.45) is 1.19. The minimum absolute atomic E-state index is 0.212. The van der Waals surface area contributed by atoms with Crippen LogP contribution in [0.4, 0.5) is 0 Å². The van der Waals surface area contributed by atoms with E-state index in [1.54, 1.807) is 18.2 Å². The number of amides is 2. The van der Waals surface area contributed by atoms with E-state index in [2.05, 4.69) is 5.32 Å². The van der Waals surface area contributed by atoms with Crippen molar-refractivity contribution < 1.29 is 14.3 Å². The minimum Gasteiger partial charge on any atom is -0.368 e. The number of hydrogen-bond acceptors (Lipinski definition) is 3. The second-order valence-corrected chi connectivity index (χ2v) is 5.75. The van der Waals surface area contributed by atoms with E-state index in [1.165, 1.54) is 0 Å². The van der Waals surface area contributed by atoms with Gasteiger partial charge in [-0.1, -0.05) is 29.3 Å². The van der Waals surface area contributed by atoms with Crippen LogP contribution < -0.4 is 11.1 Å². The van der Waals surface area contributed by atoms with Crippen LogP contribution in [-0.2, 0) is 20.7 Å². The maximum atomic E-state index is 12.0. The van der Waals surface area contributed by atoms with Crippen LogP contribution in [0.2, 0.25) is 10.0 Å². The Labute approximate surface area is 132 Å². The average molecular weight is 331 g/mol. The van der Waals surface area contributed by atoms with Crippen molar-refractivity contribution in [3.63, 3.8) is 0 Å². The number of primary amides is 1. The highest BCUT2D eigenvalue weighted by atomic mass is 35.5. The molecule has 0 radical (unpaired) electrons. The Morgan fingerprint density at radius 2 is 2.19 bits per heavy atom. The fourth-order valence-corrected chi connectivity index (χ4v) is 2.66. The zero-order valence-electron chi connectivity index (χ0n) is 11.3. The summed E-state index contributed by atoms with van der Waals surface area (Å²) in [5.74, 6) is -0.936. The smallest absolute Gasteiger partial charge is 0.249 e. The number of benzene rings is 1. The number of ether oxygens (including phenoxy) is 1. The first-order valence-corrected chi connectivity index (χ1v) is 7.38. The van der Waals surface area contributed by atoms with E-state index in [0.717, 1.165) is 6.42 Å². The minimum atomic E-state index is -0.833. The van der Waals surface area contributed by atoms with Crippen molar-refractivity contribution in [1.82, 2.24) is 5.32 Å². The van der Waals surface area contributed by atoms with Crippen molar-refractivity contribution in [2.45, 2.75) is 31.4 Å². The molecule has 1 saturated heterocycles. The predicted molar refractivity (Wildman–Crippen MR) is 80.3 cm³/mol. The molecule has 5 nitrogen and oxygen atoms in total. The van der Waals surface area contributed by atoms with E-state index in [4.69, 9.17) is 33.7 Å². The summed E-state index contributed by atoms with van der Waals surface area (Å²) in [6.45, 7) is 0.558. The number of nitrogens with two attached hydrogens (primary N) is 1. The molecule has 0 bridgehead atoms. The van der Waals surface area contributed by atoms with E-state index < -0.39 is 18.1 Å². The maximum absolute atomic E-state index is 12.0. The lowest BCUT2D eigenvalue weighted by molar-refractivity contribution is -0.133. The largest absolute Gasteiger partial charge is 0.368 e. The van der Waals surface area contributed by atoms with E-state index in [9.17, 15) is 9.59 Å². The van der Waals surface area contributed by atoms with Crippen molar-refractivity contribution in [1.29, 1.82) is 0 Å². The summed E-state index contributed by atoms with van der Waals surface area (Å²) in [7, 11) is 0. The molecule has 1 aliphatic rings. The zero-order valence-corrected chi connectivity index (χ0v) is 12.8. The van der Waals surface area contributed by atoms with Crippen LogP contribution in [0, 0.1) is 0 Å². The van der Waals surface area contributed by atoms with Gasteiger partial charge in [0.15, 0.2) is 0 Å². The van der Waals surface area contributed by atoms with Gasteiger partial charge in [0.2, 0.25) is 11.8 Å². The van der Waals surface area contributed by atoms with Crippen molar-refractivity contribution in [2.24, 2.45) is 5.73 Å². The molecule has 1 fully saturated rings. The second-order valence-electron chi connectivity index (χ2n) is 4.91. The number of carbonyl (C=O) groups excluding carboxylic acids is 2. The lowest BCUT2D eigenvalue weighted by Gasteiger charge is -2.18. The molecule has 1 aromatic carbocycles. The van der Waals surface area contributed by atoms with E-state index in [1.807, 2.05) is 0 Å². The first-order valence-electron chi connectivity index (χ1n) is 6.62. The molecule has 21 heavy (non-hydrogen) atoms. The Balaban J connectivity index is 2.04. The van der Waals surface area contributed by atoms with Gasteiger partial charge in [0.25, 0.3) is 0 Å². The molecule has 0 spiro atoms. The summed E-state index contributed by atoms with van der Waals surface area (Å²) in [6, 6.07) is 4.13. The molecule has 0 aromatic heterocycles. The molecular formula is C14H16Cl2N2O3. The zero-order chi connectivity index (χ0) is 15.4. The Kier molecular flexibility index (Phi) is 5.45. The molecule has 1 aromatic rings. The predicted octanol–water partition coefficient (Wildman–Crippen LogP) is 1.68. The third-order valence-electron chi connectivity index (χ3n) is 3.32. The molecule has 0 aliphatic carbocycles. The van der Waals surface area contributed by atoms with E-state index in [0.29, 0.717) is 28.6 Å². The molecular weight excluding hydrogens is 315 g/mol. The van der Waals surface area contributed by atoms with Gasteiger partial charge >= 0.3 is 0 Å². The van der Waals surface area contributed by atoms with Gasteiger partial charge < -0.3 is 15.8 Å². The molecule has 2 amide bonds. The van der Waals surface area contributed by atoms with Crippen LogP contribution in [0.15, 0.2) is 18.2 Å². The lowest BCUT2D eigenvalue weighted by atomic mass is 10.0. The summed E-state index contributed by atoms with van der Waals surface area (Å²) in [5.41, 5.74) is 6.04. The number of halogens is 2. The Bertz CT molecular complexity index is 545. The fraction of sp³-hybridized carbons (Fsp3) is 0.429. The highest BCUT2D eigenvalue weighted by molar-refractivity contribution is 6.35. The molecule has 2 rings (SSSR count). The van der Waals surface area contributed by atoms with Gasteiger partial charge in [-0.3, -0.25) is 9.59 Å². The standard InChI is InChI=1S/C14H16Cl2N2O3/c15-9-4-3-8(10(16)7-9)6-11(13(17)19)18-14(20)12-2-1-5-21-12/h3-4,7,11-12H,1-2,5-6H2,(H2,17,19)(H,18,20)/t11-,12-/m1/s1. The number of carbonyl (C=O) groups is 2. The van der Waals surface area contributed by atoms with Crippen LogP contribution in [0.25, 0.3) is 0 Å². The van der Waals surface area contributed by atoms with Crippen LogP contribution in [0.5, 0.6) is 0 Å². The number of nitrogens with one attached hydrogen (secondary N) is 1. The van der Waals surface area contributed by atoms with Crippen molar-refractivity contribution >= 4 is 35.0 Å². The molecule has 2 atom stereocenters. The number of rotatable bonds is 5. The highest BCUT2D eigenvalue weighted by Crippen LogP contribution is 2.22.